The molecule has 1 fully saturated rings. The van der Waals surface area contributed by atoms with Gasteiger partial charge >= 0.3 is 6.09 Å². The van der Waals surface area contributed by atoms with Gasteiger partial charge in [0.1, 0.15) is 11.9 Å². The first-order valence-electron chi connectivity index (χ1n) is 6.41. The van der Waals surface area contributed by atoms with Crippen molar-refractivity contribution >= 4 is 12.4 Å². The van der Waals surface area contributed by atoms with Crippen LogP contribution in [0.4, 0.5) is 4.79 Å². The maximum Gasteiger partial charge on any atom is 0.431 e. The molecule has 5 heteroatoms. The van der Waals surface area contributed by atoms with E-state index in [4.69, 9.17) is 9.57 Å². The molecular formula is C13H23NO4. The molecule has 104 valence electrons. The van der Waals surface area contributed by atoms with Gasteiger partial charge in [0, 0.05) is 11.8 Å². The van der Waals surface area contributed by atoms with Gasteiger partial charge in [0.05, 0.1) is 6.61 Å². The molecule has 1 N–H and O–H groups in total. The van der Waals surface area contributed by atoms with Gasteiger partial charge in [-0.05, 0) is 33.6 Å². The molecule has 18 heavy (non-hydrogen) atoms. The number of hydrogen-bond donors (Lipinski definition) is 1. The molecule has 0 heterocycles. The van der Waals surface area contributed by atoms with Crippen molar-refractivity contribution in [3.8, 4) is 0 Å². The van der Waals surface area contributed by atoms with E-state index in [2.05, 4.69) is 5.48 Å². The number of hydrogen-bond acceptors (Lipinski definition) is 4. The molecular weight excluding hydrogens is 234 g/mol. The van der Waals surface area contributed by atoms with Gasteiger partial charge in [0.25, 0.3) is 0 Å². The first kappa shape index (κ1) is 15.0. The summed E-state index contributed by atoms with van der Waals surface area (Å²) in [5, 5.41) is 0. The van der Waals surface area contributed by atoms with Crippen molar-refractivity contribution < 1.29 is 19.2 Å². The molecule has 0 aliphatic heterocycles. The highest BCUT2D eigenvalue weighted by Gasteiger charge is 2.34. The summed E-state index contributed by atoms with van der Waals surface area (Å²) < 4.78 is 5.05. The van der Waals surface area contributed by atoms with Crippen molar-refractivity contribution in [1.82, 2.24) is 5.48 Å². The fraction of sp³-hybridized carbons (Fsp3) is 0.846. The Labute approximate surface area is 108 Å². The molecule has 5 nitrogen and oxygen atoms in total. The second-order valence-corrected chi connectivity index (χ2v) is 5.97. The van der Waals surface area contributed by atoms with E-state index in [-0.39, 0.29) is 5.41 Å². The Balaban J connectivity index is 2.31. The molecule has 1 saturated carbocycles. The first-order chi connectivity index (χ1) is 8.37. The highest BCUT2D eigenvalue weighted by atomic mass is 16.7. The second-order valence-electron chi connectivity index (χ2n) is 5.97. The number of carbonyl (C=O) groups is 2. The van der Waals surface area contributed by atoms with Crippen LogP contribution in [0, 0.1) is 5.41 Å². The van der Waals surface area contributed by atoms with Gasteiger partial charge in [0.2, 0.25) is 0 Å². The zero-order chi connectivity index (χ0) is 13.6. The van der Waals surface area contributed by atoms with Crippen molar-refractivity contribution in [2.45, 2.75) is 58.5 Å². The molecule has 0 aromatic heterocycles. The fourth-order valence-electron chi connectivity index (χ4n) is 2.26. The Hall–Kier alpha value is -1.10. The number of ether oxygens (including phenoxy) is 1. The normalized spacial score (nSPS) is 18.4. The zero-order valence-corrected chi connectivity index (χ0v) is 11.5. The van der Waals surface area contributed by atoms with Crippen LogP contribution in [-0.2, 0) is 14.4 Å². The van der Waals surface area contributed by atoms with E-state index in [1.165, 1.54) is 0 Å². The van der Waals surface area contributed by atoms with Crippen LogP contribution in [-0.4, -0.2) is 24.6 Å². The van der Waals surface area contributed by atoms with Gasteiger partial charge in [-0.15, -0.1) is 0 Å². The lowest BCUT2D eigenvalue weighted by Crippen LogP contribution is -2.35. The third-order valence-corrected chi connectivity index (χ3v) is 3.11. The van der Waals surface area contributed by atoms with Crippen LogP contribution in [0.2, 0.25) is 0 Å². The van der Waals surface area contributed by atoms with Crippen LogP contribution in [0.5, 0.6) is 0 Å². The summed E-state index contributed by atoms with van der Waals surface area (Å²) in [6, 6.07) is 0. The molecule has 0 aromatic rings. The van der Waals surface area contributed by atoms with Gasteiger partial charge in [-0.25, -0.2) is 4.79 Å². The minimum atomic E-state index is -0.596. The van der Waals surface area contributed by atoms with Gasteiger partial charge in [0.15, 0.2) is 0 Å². The van der Waals surface area contributed by atoms with Crippen LogP contribution >= 0.6 is 0 Å². The Morgan fingerprint density at radius 2 is 1.94 bits per heavy atom. The van der Waals surface area contributed by atoms with Crippen molar-refractivity contribution in [2.75, 3.05) is 6.61 Å². The maximum absolute atomic E-state index is 11.4. The molecule has 0 radical (unpaired) electrons. The lowest BCUT2D eigenvalue weighted by atomic mass is 9.84. The third-order valence-electron chi connectivity index (χ3n) is 3.11. The SMILES string of the molecule is CC(C)(C)OC(=O)NOCC1(CC=O)CCCC1. The third kappa shape index (κ3) is 5.04. The van der Waals surface area contributed by atoms with E-state index in [1.807, 2.05) is 0 Å². The smallest absolute Gasteiger partial charge is 0.431 e. The van der Waals surface area contributed by atoms with E-state index in [1.54, 1.807) is 20.8 Å². The summed E-state index contributed by atoms with van der Waals surface area (Å²) in [5.41, 5.74) is 1.63. The van der Waals surface area contributed by atoms with Crippen molar-refractivity contribution in [1.29, 1.82) is 0 Å². The molecule has 1 amide bonds. The van der Waals surface area contributed by atoms with Crippen molar-refractivity contribution in [2.24, 2.45) is 5.41 Å². The lowest BCUT2D eigenvalue weighted by molar-refractivity contribution is -0.111. The predicted molar refractivity (Wildman–Crippen MR) is 66.9 cm³/mol. The summed E-state index contributed by atoms with van der Waals surface area (Å²) in [7, 11) is 0. The average Bonchev–Trinajstić information content (AvgIpc) is 2.64. The van der Waals surface area contributed by atoms with Gasteiger partial charge in [-0.1, -0.05) is 12.8 Å². The van der Waals surface area contributed by atoms with Crippen LogP contribution in [0.3, 0.4) is 0 Å². The number of aldehydes is 1. The standard InChI is InChI=1S/C13H23NO4/c1-12(2,3)18-11(16)14-17-10-13(8-9-15)6-4-5-7-13/h9H,4-8,10H2,1-3H3,(H,14,16). The fourth-order valence-corrected chi connectivity index (χ4v) is 2.26. The van der Waals surface area contributed by atoms with E-state index in [0.717, 1.165) is 32.0 Å². The highest BCUT2D eigenvalue weighted by molar-refractivity contribution is 5.66. The van der Waals surface area contributed by atoms with E-state index < -0.39 is 11.7 Å². The van der Waals surface area contributed by atoms with E-state index in [9.17, 15) is 9.59 Å². The Kier molecular flexibility index (Phi) is 5.14. The summed E-state index contributed by atoms with van der Waals surface area (Å²) in [6.45, 7) is 5.73. The van der Waals surface area contributed by atoms with Gasteiger partial charge in [-0.3, -0.25) is 4.84 Å². The lowest BCUT2D eigenvalue weighted by Gasteiger charge is -2.26. The van der Waals surface area contributed by atoms with E-state index >= 15 is 0 Å². The molecule has 0 spiro atoms. The number of nitrogens with one attached hydrogen (secondary N) is 1. The van der Waals surface area contributed by atoms with Crippen molar-refractivity contribution in [3.63, 3.8) is 0 Å². The number of amides is 1. The maximum atomic E-state index is 11.4. The largest absolute Gasteiger partial charge is 0.442 e. The minimum absolute atomic E-state index is 0.100. The Bertz CT molecular complexity index is 290. The minimum Gasteiger partial charge on any atom is -0.442 e. The molecule has 0 unspecified atom stereocenters. The molecule has 1 aliphatic rings. The van der Waals surface area contributed by atoms with Crippen LogP contribution < -0.4 is 5.48 Å². The number of carbonyl (C=O) groups excluding carboxylic acids is 2. The Morgan fingerprint density at radius 1 is 1.33 bits per heavy atom. The van der Waals surface area contributed by atoms with Crippen molar-refractivity contribution in [3.05, 3.63) is 0 Å². The summed E-state index contributed by atoms with van der Waals surface area (Å²) >= 11 is 0. The quantitative estimate of drug-likeness (QED) is 0.607. The number of hydroxylamine groups is 1. The summed E-state index contributed by atoms with van der Waals surface area (Å²) in [4.78, 5) is 27.2. The molecule has 0 bridgehead atoms. The number of rotatable bonds is 5. The molecule has 0 aromatic carbocycles. The molecule has 0 atom stereocenters. The summed E-state index contributed by atoms with van der Waals surface area (Å²) in [5.74, 6) is 0. The van der Waals surface area contributed by atoms with Gasteiger partial charge < -0.3 is 9.53 Å². The topological polar surface area (TPSA) is 64.6 Å². The Morgan fingerprint density at radius 3 is 2.44 bits per heavy atom. The van der Waals surface area contributed by atoms with Crippen LogP contribution in [0.1, 0.15) is 52.9 Å². The molecule has 0 saturated heterocycles. The van der Waals surface area contributed by atoms with E-state index in [0.29, 0.717) is 13.0 Å². The van der Waals surface area contributed by atoms with Crippen LogP contribution in [0.15, 0.2) is 0 Å². The first-order valence-corrected chi connectivity index (χ1v) is 6.41. The monoisotopic (exact) mass is 257 g/mol. The highest BCUT2D eigenvalue weighted by Crippen LogP contribution is 2.40. The predicted octanol–water partition coefficient (Wildman–Crippen LogP) is 2.59. The zero-order valence-electron chi connectivity index (χ0n) is 11.5. The average molecular weight is 257 g/mol. The molecule has 1 rings (SSSR count). The molecule has 1 aliphatic carbocycles. The second kappa shape index (κ2) is 6.18. The van der Waals surface area contributed by atoms with Gasteiger partial charge in [-0.2, -0.15) is 5.48 Å². The summed E-state index contributed by atoms with van der Waals surface area (Å²) in [6.07, 6.45) is 5.00. The van der Waals surface area contributed by atoms with Crippen LogP contribution in [0.25, 0.3) is 0 Å².